The van der Waals surface area contributed by atoms with Crippen molar-refractivity contribution >= 4 is 11.7 Å². The van der Waals surface area contributed by atoms with Crippen LogP contribution in [0.1, 0.15) is 17.3 Å². The molecule has 0 bridgehead atoms. The minimum Gasteiger partial charge on any atom is -0.379 e. The Labute approximate surface area is 178 Å². The summed E-state index contributed by atoms with van der Waals surface area (Å²) >= 11 is 0. The first-order chi connectivity index (χ1) is 15.0. The largest absolute Gasteiger partial charge is 0.433 e. The zero-order chi connectivity index (χ0) is 23.5. The van der Waals surface area contributed by atoms with E-state index in [0.29, 0.717) is 37.9 Å². The minimum absolute atomic E-state index is 0.144. The Bertz CT molecular complexity index is 903. The molecule has 1 aromatic rings. The third-order valence-electron chi connectivity index (χ3n) is 5.12. The van der Waals surface area contributed by atoms with Crippen LogP contribution in [-0.2, 0) is 20.5 Å². The third-order valence-corrected chi connectivity index (χ3v) is 5.12. The van der Waals surface area contributed by atoms with Gasteiger partial charge in [0.05, 0.1) is 24.8 Å². The minimum atomic E-state index is -4.89. The van der Waals surface area contributed by atoms with Crippen LogP contribution in [0.5, 0.6) is 0 Å². The van der Waals surface area contributed by atoms with Gasteiger partial charge in [0.1, 0.15) is 11.6 Å². The topological polar surface area (TPSA) is 71.5 Å². The number of alkyl halides is 6. The van der Waals surface area contributed by atoms with Crippen molar-refractivity contribution in [3.05, 3.63) is 53.4 Å². The summed E-state index contributed by atoms with van der Waals surface area (Å²) in [7, 11) is 0. The van der Waals surface area contributed by atoms with Crippen LogP contribution in [-0.4, -0.2) is 60.6 Å². The Morgan fingerprint density at radius 1 is 1.16 bits per heavy atom. The number of carbonyl (C=O) groups is 2. The zero-order valence-corrected chi connectivity index (χ0v) is 16.5. The highest BCUT2D eigenvalue weighted by molar-refractivity contribution is 6.12. The summed E-state index contributed by atoms with van der Waals surface area (Å²) in [4.78, 5) is 29.9. The van der Waals surface area contributed by atoms with E-state index in [9.17, 15) is 35.9 Å². The van der Waals surface area contributed by atoms with E-state index in [1.165, 1.54) is 6.07 Å². The Morgan fingerprint density at radius 2 is 1.84 bits per heavy atom. The molecule has 12 heteroatoms. The van der Waals surface area contributed by atoms with Crippen LogP contribution in [0.25, 0.3) is 0 Å². The van der Waals surface area contributed by atoms with Crippen LogP contribution in [0.2, 0.25) is 0 Å². The van der Waals surface area contributed by atoms with Crippen LogP contribution in [0.3, 0.4) is 0 Å². The number of ether oxygens (including phenoxy) is 1. The van der Waals surface area contributed by atoms with Crippen molar-refractivity contribution in [2.24, 2.45) is 5.92 Å². The summed E-state index contributed by atoms with van der Waals surface area (Å²) in [5.74, 6) is -3.94. The van der Waals surface area contributed by atoms with Gasteiger partial charge in [0, 0.05) is 25.8 Å². The summed E-state index contributed by atoms with van der Waals surface area (Å²) in [6.07, 6.45) is -5.78. The van der Waals surface area contributed by atoms with E-state index in [0.717, 1.165) is 24.4 Å². The number of morpholine rings is 1. The zero-order valence-electron chi connectivity index (χ0n) is 16.5. The van der Waals surface area contributed by atoms with Crippen LogP contribution >= 0.6 is 0 Å². The molecule has 1 aliphatic carbocycles. The molecule has 0 spiro atoms. The monoisotopic (exact) mass is 463 g/mol. The normalized spacial score (nSPS) is 21.2. The molecule has 1 aromatic heterocycles. The fraction of sp³-hybridized carbons (Fsp3) is 0.450. The van der Waals surface area contributed by atoms with Crippen LogP contribution in [0, 0.1) is 5.92 Å². The average molecular weight is 463 g/mol. The predicted octanol–water partition coefficient (Wildman–Crippen LogP) is 2.83. The Balaban J connectivity index is 1.74. The molecular formula is C20H19F6N3O3. The molecule has 1 amide bonds. The van der Waals surface area contributed by atoms with E-state index in [1.54, 1.807) is 0 Å². The predicted molar refractivity (Wildman–Crippen MR) is 99.2 cm³/mol. The highest BCUT2D eigenvalue weighted by Crippen LogP contribution is 2.32. The van der Waals surface area contributed by atoms with Gasteiger partial charge in [-0.25, -0.2) is 0 Å². The molecule has 1 aliphatic heterocycles. The maximum atomic E-state index is 13.0. The number of hydrogen-bond acceptors (Lipinski definition) is 5. The van der Waals surface area contributed by atoms with Gasteiger partial charge in [-0.15, -0.1) is 0 Å². The van der Waals surface area contributed by atoms with Gasteiger partial charge in [-0.05, 0) is 17.7 Å². The maximum Gasteiger partial charge on any atom is 0.433 e. The van der Waals surface area contributed by atoms with Gasteiger partial charge < -0.3 is 10.1 Å². The first-order valence-electron chi connectivity index (χ1n) is 9.61. The van der Waals surface area contributed by atoms with Crippen molar-refractivity contribution in [3.8, 4) is 0 Å². The number of carbonyl (C=O) groups excluding carboxylic acids is 2. The van der Waals surface area contributed by atoms with Crippen molar-refractivity contribution in [3.63, 3.8) is 0 Å². The van der Waals surface area contributed by atoms with E-state index in [1.807, 2.05) is 4.90 Å². The van der Waals surface area contributed by atoms with Gasteiger partial charge in [0.25, 0.3) is 0 Å². The molecule has 2 unspecified atom stereocenters. The highest BCUT2D eigenvalue weighted by Gasteiger charge is 2.43. The Hall–Kier alpha value is -2.73. The third kappa shape index (κ3) is 5.54. The molecular weight excluding hydrogens is 444 g/mol. The van der Waals surface area contributed by atoms with E-state index in [4.69, 9.17) is 4.74 Å². The molecule has 1 saturated heterocycles. The molecule has 0 saturated carbocycles. The second-order valence-electron chi connectivity index (χ2n) is 7.19. The van der Waals surface area contributed by atoms with E-state index >= 15 is 0 Å². The molecule has 0 aromatic carbocycles. The van der Waals surface area contributed by atoms with Gasteiger partial charge in [-0.3, -0.25) is 19.5 Å². The molecule has 2 atom stereocenters. The van der Waals surface area contributed by atoms with Crippen molar-refractivity contribution in [2.75, 3.05) is 32.8 Å². The fourth-order valence-corrected chi connectivity index (χ4v) is 3.46. The number of rotatable bonds is 5. The fourth-order valence-electron chi connectivity index (χ4n) is 3.46. The van der Waals surface area contributed by atoms with Crippen molar-refractivity contribution in [1.82, 2.24) is 15.2 Å². The number of amides is 1. The molecule has 2 heterocycles. The van der Waals surface area contributed by atoms with E-state index in [2.05, 4.69) is 10.3 Å². The number of nitrogens with zero attached hydrogens (tertiary/aromatic N) is 2. The summed E-state index contributed by atoms with van der Waals surface area (Å²) in [6, 6.07) is 1.44. The molecule has 2 aliphatic rings. The second-order valence-corrected chi connectivity index (χ2v) is 7.19. The smallest absolute Gasteiger partial charge is 0.379 e. The summed E-state index contributed by atoms with van der Waals surface area (Å²) < 4.78 is 82.6. The molecule has 174 valence electrons. The SMILES string of the molecule is O=C(NCC(c1ccc(C(F)(F)F)nc1)N1CCOCC1)C1C=CC=C(C(F)(F)F)C1=O. The van der Waals surface area contributed by atoms with Gasteiger partial charge in [0.15, 0.2) is 5.78 Å². The van der Waals surface area contributed by atoms with Gasteiger partial charge >= 0.3 is 12.4 Å². The Kier molecular flexibility index (Phi) is 7.03. The molecule has 1 N–H and O–H groups in total. The lowest BCUT2D eigenvalue weighted by molar-refractivity contribution is -0.141. The number of Topliss-reactive ketones (excluding diaryl/α,β-unsaturated/α-hetero) is 1. The second kappa shape index (κ2) is 9.41. The van der Waals surface area contributed by atoms with Gasteiger partial charge in [-0.2, -0.15) is 26.3 Å². The van der Waals surface area contributed by atoms with E-state index in [-0.39, 0.29) is 6.54 Å². The average Bonchev–Trinajstić information content (AvgIpc) is 2.73. The quantitative estimate of drug-likeness (QED) is 0.537. The molecule has 32 heavy (non-hydrogen) atoms. The lowest BCUT2D eigenvalue weighted by atomic mass is 9.91. The van der Waals surface area contributed by atoms with E-state index < -0.39 is 47.3 Å². The van der Waals surface area contributed by atoms with Gasteiger partial charge in [-0.1, -0.05) is 18.2 Å². The number of aromatic nitrogens is 1. The van der Waals surface area contributed by atoms with Crippen molar-refractivity contribution < 1.29 is 40.7 Å². The van der Waals surface area contributed by atoms with Crippen LogP contribution < -0.4 is 5.32 Å². The van der Waals surface area contributed by atoms with Crippen LogP contribution in [0.15, 0.2) is 42.1 Å². The number of halogens is 6. The van der Waals surface area contributed by atoms with Crippen molar-refractivity contribution in [1.29, 1.82) is 0 Å². The summed E-state index contributed by atoms with van der Waals surface area (Å²) in [5, 5.41) is 2.46. The summed E-state index contributed by atoms with van der Waals surface area (Å²) in [5.41, 5.74) is -2.12. The number of ketones is 1. The first kappa shape index (κ1) is 23.9. The Morgan fingerprint density at radius 3 is 2.41 bits per heavy atom. The lowest BCUT2D eigenvalue weighted by Crippen LogP contribution is -2.46. The molecule has 1 fully saturated rings. The standard InChI is InChI=1S/C20H19F6N3O3/c21-19(22,23)14-3-1-2-13(17(14)30)18(31)28-11-15(29-6-8-32-9-7-29)12-4-5-16(27-10-12)20(24,25)26/h1-5,10,13,15H,6-9,11H2,(H,28,31). The highest BCUT2D eigenvalue weighted by atomic mass is 19.4. The number of hydrogen-bond donors (Lipinski definition) is 1. The summed E-state index contributed by atoms with van der Waals surface area (Å²) in [6.45, 7) is 1.42. The van der Waals surface area contributed by atoms with Crippen LogP contribution in [0.4, 0.5) is 26.3 Å². The first-order valence-corrected chi connectivity index (χ1v) is 9.61. The van der Waals surface area contributed by atoms with Gasteiger partial charge in [0.2, 0.25) is 5.91 Å². The number of pyridine rings is 1. The molecule has 3 rings (SSSR count). The molecule has 6 nitrogen and oxygen atoms in total. The number of allylic oxidation sites excluding steroid dienone is 3. The molecule has 0 radical (unpaired) electrons. The lowest BCUT2D eigenvalue weighted by Gasteiger charge is -2.35. The maximum absolute atomic E-state index is 13.0. The van der Waals surface area contributed by atoms with Crippen molar-refractivity contribution in [2.45, 2.75) is 18.4 Å². The number of nitrogens with one attached hydrogen (secondary N) is 1.